The third kappa shape index (κ3) is 4.06. The fourth-order valence-electron chi connectivity index (χ4n) is 2.50. The molecule has 3 rings (SSSR count). The molecule has 27 heavy (non-hydrogen) atoms. The lowest BCUT2D eigenvalue weighted by Gasteiger charge is -2.14. The highest BCUT2D eigenvalue weighted by atomic mass is 32.1. The Kier molecular flexibility index (Phi) is 5.68. The summed E-state index contributed by atoms with van der Waals surface area (Å²) in [4.78, 5) is 29.4. The summed E-state index contributed by atoms with van der Waals surface area (Å²) in [5.74, 6) is -0.0697. The third-order valence-corrected chi connectivity index (χ3v) is 4.42. The first-order valence-electron chi connectivity index (χ1n) is 7.96. The average Bonchev–Trinajstić information content (AvgIpc) is 3.20. The van der Waals surface area contributed by atoms with Crippen molar-refractivity contribution in [1.29, 1.82) is 0 Å². The van der Waals surface area contributed by atoms with Crippen LogP contribution in [0.15, 0.2) is 54.0 Å². The number of rotatable bonds is 6. The number of hydrogen-bond donors (Lipinski definition) is 2. The Balaban J connectivity index is 1.89. The van der Waals surface area contributed by atoms with Gasteiger partial charge in [0.2, 0.25) is 0 Å². The molecule has 1 aromatic heterocycles. The van der Waals surface area contributed by atoms with E-state index in [1.165, 1.54) is 25.6 Å². The predicted octanol–water partition coefficient (Wildman–Crippen LogP) is 3.66. The molecule has 138 valence electrons. The molecule has 0 aliphatic heterocycles. The van der Waals surface area contributed by atoms with Crippen molar-refractivity contribution in [3.05, 3.63) is 65.2 Å². The summed E-state index contributed by atoms with van der Waals surface area (Å²) in [6.07, 6.45) is 1.60. The first kappa shape index (κ1) is 18.4. The summed E-state index contributed by atoms with van der Waals surface area (Å²) in [5.41, 5.74) is 0.928. The van der Waals surface area contributed by atoms with Crippen LogP contribution in [0.4, 0.5) is 10.8 Å². The second kappa shape index (κ2) is 8.33. The van der Waals surface area contributed by atoms with Gasteiger partial charge in [0.25, 0.3) is 11.8 Å². The van der Waals surface area contributed by atoms with Crippen molar-refractivity contribution in [1.82, 2.24) is 4.98 Å². The molecule has 0 unspecified atom stereocenters. The van der Waals surface area contributed by atoms with Crippen LogP contribution in [0.25, 0.3) is 0 Å². The molecule has 0 radical (unpaired) electrons. The average molecular weight is 383 g/mol. The molecule has 2 N–H and O–H groups in total. The van der Waals surface area contributed by atoms with Crippen molar-refractivity contribution < 1.29 is 19.1 Å². The van der Waals surface area contributed by atoms with E-state index in [4.69, 9.17) is 9.47 Å². The zero-order valence-corrected chi connectivity index (χ0v) is 15.5. The highest BCUT2D eigenvalue weighted by Crippen LogP contribution is 2.29. The first-order valence-corrected chi connectivity index (χ1v) is 8.84. The molecule has 0 fully saturated rings. The van der Waals surface area contributed by atoms with Crippen molar-refractivity contribution in [3.8, 4) is 11.5 Å². The molecule has 0 aliphatic rings. The van der Waals surface area contributed by atoms with Gasteiger partial charge in [0.05, 0.1) is 25.5 Å². The fourth-order valence-corrected chi connectivity index (χ4v) is 3.02. The maximum absolute atomic E-state index is 12.9. The minimum absolute atomic E-state index is 0.248. The Hall–Kier alpha value is -3.39. The Morgan fingerprint density at radius 3 is 2.26 bits per heavy atom. The van der Waals surface area contributed by atoms with E-state index in [0.717, 1.165) is 0 Å². The van der Waals surface area contributed by atoms with Crippen LogP contribution in [0, 0.1) is 0 Å². The maximum Gasteiger partial charge on any atom is 0.263 e. The molecule has 7 nitrogen and oxygen atoms in total. The number of amides is 2. The molecule has 0 atom stereocenters. The van der Waals surface area contributed by atoms with E-state index >= 15 is 0 Å². The van der Waals surface area contributed by atoms with E-state index in [2.05, 4.69) is 15.6 Å². The quantitative estimate of drug-likeness (QED) is 0.678. The van der Waals surface area contributed by atoms with E-state index in [-0.39, 0.29) is 11.5 Å². The lowest BCUT2D eigenvalue weighted by molar-refractivity contribution is 0.102. The monoisotopic (exact) mass is 383 g/mol. The first-order chi connectivity index (χ1) is 13.1. The van der Waals surface area contributed by atoms with Crippen LogP contribution in [-0.4, -0.2) is 31.0 Å². The highest BCUT2D eigenvalue weighted by Gasteiger charge is 2.20. The van der Waals surface area contributed by atoms with Crippen LogP contribution >= 0.6 is 11.3 Å². The van der Waals surface area contributed by atoms with Crippen LogP contribution in [0.2, 0.25) is 0 Å². The number of carbonyl (C=O) groups excluding carboxylic acids is 2. The summed E-state index contributed by atoms with van der Waals surface area (Å²) >= 11 is 1.31. The fraction of sp³-hybridized carbons (Fsp3) is 0.105. The SMILES string of the molecule is COc1cccc(OC)c1C(=O)Nc1ccccc1C(=O)Nc1nccs1. The van der Waals surface area contributed by atoms with Crippen LogP contribution < -0.4 is 20.1 Å². The second-order valence-electron chi connectivity index (χ2n) is 5.33. The summed E-state index contributed by atoms with van der Waals surface area (Å²) in [5, 5.41) is 7.70. The number of hydrogen-bond acceptors (Lipinski definition) is 6. The number of thiazole rings is 1. The Bertz CT molecular complexity index is 935. The van der Waals surface area contributed by atoms with Crippen molar-refractivity contribution >= 4 is 34.0 Å². The second-order valence-corrected chi connectivity index (χ2v) is 6.22. The number of anilines is 2. The number of ether oxygens (including phenoxy) is 2. The van der Waals surface area contributed by atoms with Gasteiger partial charge < -0.3 is 14.8 Å². The van der Waals surface area contributed by atoms with Gasteiger partial charge in [-0.3, -0.25) is 14.9 Å². The smallest absolute Gasteiger partial charge is 0.263 e. The van der Waals surface area contributed by atoms with Gasteiger partial charge in [-0.2, -0.15) is 0 Å². The van der Waals surface area contributed by atoms with E-state index < -0.39 is 5.91 Å². The number of para-hydroxylation sites is 1. The molecule has 2 aromatic carbocycles. The summed E-state index contributed by atoms with van der Waals surface area (Å²) in [6, 6.07) is 11.8. The standard InChI is InChI=1S/C19H17N3O4S/c1-25-14-8-5-9-15(26-2)16(14)18(24)21-13-7-4-3-6-12(13)17(23)22-19-20-10-11-27-19/h3-11H,1-2H3,(H,21,24)(H,20,22,23). The maximum atomic E-state index is 12.9. The van der Waals surface area contributed by atoms with Gasteiger partial charge >= 0.3 is 0 Å². The molecule has 0 bridgehead atoms. The van der Waals surface area contributed by atoms with E-state index in [1.54, 1.807) is 54.0 Å². The van der Waals surface area contributed by atoms with Gasteiger partial charge in [0, 0.05) is 11.6 Å². The van der Waals surface area contributed by atoms with E-state index in [9.17, 15) is 9.59 Å². The van der Waals surface area contributed by atoms with Crippen LogP contribution in [0.5, 0.6) is 11.5 Å². The van der Waals surface area contributed by atoms with Gasteiger partial charge in [0.1, 0.15) is 17.1 Å². The molecule has 0 aliphatic carbocycles. The summed E-state index contributed by atoms with van der Waals surface area (Å²) in [7, 11) is 2.95. The van der Waals surface area contributed by atoms with Crippen molar-refractivity contribution in [3.63, 3.8) is 0 Å². The molecular weight excluding hydrogens is 366 g/mol. The van der Waals surface area contributed by atoms with Crippen molar-refractivity contribution in [2.24, 2.45) is 0 Å². The minimum Gasteiger partial charge on any atom is -0.496 e. The number of benzene rings is 2. The van der Waals surface area contributed by atoms with Gasteiger partial charge in [-0.25, -0.2) is 4.98 Å². The Morgan fingerprint density at radius 2 is 1.63 bits per heavy atom. The molecule has 1 heterocycles. The molecular formula is C19H17N3O4S. The van der Waals surface area contributed by atoms with Crippen molar-refractivity contribution in [2.75, 3.05) is 24.9 Å². The van der Waals surface area contributed by atoms with Crippen LogP contribution in [-0.2, 0) is 0 Å². The van der Waals surface area contributed by atoms with Gasteiger partial charge in [-0.15, -0.1) is 11.3 Å². The van der Waals surface area contributed by atoms with E-state index in [0.29, 0.717) is 27.9 Å². The third-order valence-electron chi connectivity index (χ3n) is 3.73. The summed E-state index contributed by atoms with van der Waals surface area (Å²) < 4.78 is 10.5. The van der Waals surface area contributed by atoms with Crippen LogP contribution in [0.3, 0.4) is 0 Å². The molecule has 0 spiro atoms. The van der Waals surface area contributed by atoms with Gasteiger partial charge in [0.15, 0.2) is 5.13 Å². The van der Waals surface area contributed by atoms with E-state index in [1.807, 2.05) is 0 Å². The van der Waals surface area contributed by atoms with Gasteiger partial charge in [-0.05, 0) is 24.3 Å². The predicted molar refractivity (Wildman–Crippen MR) is 104 cm³/mol. The number of aromatic nitrogens is 1. The zero-order chi connectivity index (χ0) is 19.2. The molecule has 0 saturated carbocycles. The summed E-state index contributed by atoms with van der Waals surface area (Å²) in [6.45, 7) is 0. The Morgan fingerprint density at radius 1 is 0.926 bits per heavy atom. The minimum atomic E-state index is -0.446. The van der Waals surface area contributed by atoms with Gasteiger partial charge in [-0.1, -0.05) is 18.2 Å². The Labute approximate surface area is 160 Å². The highest BCUT2D eigenvalue weighted by molar-refractivity contribution is 7.13. The molecule has 3 aromatic rings. The largest absolute Gasteiger partial charge is 0.496 e. The zero-order valence-electron chi connectivity index (χ0n) is 14.7. The molecule has 8 heteroatoms. The topological polar surface area (TPSA) is 89.5 Å². The number of nitrogens with one attached hydrogen (secondary N) is 2. The molecule has 0 saturated heterocycles. The lowest BCUT2D eigenvalue weighted by Crippen LogP contribution is -2.19. The molecule has 2 amide bonds. The van der Waals surface area contributed by atoms with Crippen molar-refractivity contribution in [2.45, 2.75) is 0 Å². The van der Waals surface area contributed by atoms with Crippen LogP contribution in [0.1, 0.15) is 20.7 Å². The lowest BCUT2D eigenvalue weighted by atomic mass is 10.1. The number of nitrogens with zero attached hydrogens (tertiary/aromatic N) is 1. The number of methoxy groups -OCH3 is 2. The normalized spacial score (nSPS) is 10.1. The number of carbonyl (C=O) groups is 2.